The van der Waals surface area contributed by atoms with Crippen molar-refractivity contribution in [2.24, 2.45) is 12.0 Å². The van der Waals surface area contributed by atoms with Crippen molar-refractivity contribution in [3.63, 3.8) is 0 Å². The van der Waals surface area contributed by atoms with Crippen LogP contribution in [0.25, 0.3) is 10.8 Å². The lowest BCUT2D eigenvalue weighted by Crippen LogP contribution is -2.48. The highest BCUT2D eigenvalue weighted by Gasteiger charge is 2.25. The lowest BCUT2D eigenvalue weighted by Gasteiger charge is -2.34. The van der Waals surface area contributed by atoms with Crippen molar-refractivity contribution in [1.29, 1.82) is 0 Å². The third kappa shape index (κ3) is 7.73. The highest BCUT2D eigenvalue weighted by atomic mass is 79.9. The van der Waals surface area contributed by atoms with E-state index in [1.54, 1.807) is 62.1 Å². The van der Waals surface area contributed by atoms with Crippen LogP contribution < -0.4 is 4.80 Å². The number of piperazine rings is 1. The number of ether oxygens (including phenoxy) is 1. The smallest absolute Gasteiger partial charge is 0.436 e. The normalized spacial score (nSPS) is 15.6. The van der Waals surface area contributed by atoms with Gasteiger partial charge in [0.15, 0.2) is 14.6 Å². The van der Waals surface area contributed by atoms with Gasteiger partial charge in [0.05, 0.1) is 20.1 Å². The Morgan fingerprint density at radius 2 is 1.73 bits per heavy atom. The summed E-state index contributed by atoms with van der Waals surface area (Å²) in [5, 5.41) is 2.23. The first-order valence-corrected chi connectivity index (χ1v) is 16.4. The molecule has 0 saturated carbocycles. The molecule has 216 valence electrons. The molecule has 0 radical (unpaired) electrons. The number of rotatable bonds is 6. The molecule has 0 spiro atoms. The second kappa shape index (κ2) is 12.3. The standard InChI is InChI=1S/C27H32BrClN4O5S2/c1-27(2,3)38-26(35)30-25-31(4)22(24(28)39-25)17-32-10-12-33(13-11-32)23(34)9-14-40(36,37)21-8-6-18-15-20(29)7-5-19(18)16-21/h5-8,15-16H,9-14,17H2,1-4H3/b30-25-. The molecule has 9 nitrogen and oxygen atoms in total. The fraction of sp³-hybridized carbons (Fsp3) is 0.444. The van der Waals surface area contributed by atoms with E-state index in [4.69, 9.17) is 16.3 Å². The molecule has 0 aliphatic carbocycles. The van der Waals surface area contributed by atoms with Crippen molar-refractivity contribution < 1.29 is 22.7 Å². The molecule has 2 amide bonds. The summed E-state index contributed by atoms with van der Waals surface area (Å²) in [5.41, 5.74) is 0.347. The van der Waals surface area contributed by atoms with Crippen molar-refractivity contribution in [2.45, 2.75) is 44.2 Å². The first-order valence-electron chi connectivity index (χ1n) is 12.8. The number of hydrogen-bond donors (Lipinski definition) is 0. The van der Waals surface area contributed by atoms with E-state index in [2.05, 4.69) is 25.8 Å². The molecule has 0 atom stereocenters. The van der Waals surface area contributed by atoms with E-state index in [9.17, 15) is 18.0 Å². The summed E-state index contributed by atoms with van der Waals surface area (Å²) >= 11 is 11.0. The van der Waals surface area contributed by atoms with E-state index in [1.165, 1.54) is 11.3 Å². The van der Waals surface area contributed by atoms with Gasteiger partial charge in [-0.15, -0.1) is 4.99 Å². The molecule has 0 bridgehead atoms. The molecular weight excluding hydrogens is 640 g/mol. The summed E-state index contributed by atoms with van der Waals surface area (Å²) in [7, 11) is -1.76. The number of hydrogen-bond acceptors (Lipinski definition) is 7. The van der Waals surface area contributed by atoms with Crippen LogP contribution in [0.4, 0.5) is 4.79 Å². The number of fused-ring (bicyclic) bond motifs is 1. The van der Waals surface area contributed by atoms with Crippen LogP contribution in [-0.4, -0.2) is 72.3 Å². The Balaban J connectivity index is 1.32. The van der Waals surface area contributed by atoms with E-state index < -0.39 is 21.5 Å². The van der Waals surface area contributed by atoms with Gasteiger partial charge in [0.2, 0.25) is 5.91 Å². The summed E-state index contributed by atoms with van der Waals surface area (Å²) in [4.78, 5) is 33.8. The van der Waals surface area contributed by atoms with Crippen LogP contribution in [0.1, 0.15) is 32.9 Å². The molecule has 1 aliphatic heterocycles. The number of halogens is 2. The maximum absolute atomic E-state index is 12.9. The average molecular weight is 672 g/mol. The van der Waals surface area contributed by atoms with Crippen LogP contribution >= 0.6 is 38.9 Å². The minimum Gasteiger partial charge on any atom is -0.442 e. The predicted octanol–water partition coefficient (Wildman–Crippen LogP) is 5.00. The fourth-order valence-corrected chi connectivity index (χ4v) is 7.45. The Kier molecular flexibility index (Phi) is 9.45. The van der Waals surface area contributed by atoms with Crippen molar-refractivity contribution in [3.8, 4) is 0 Å². The Bertz CT molecular complexity index is 1600. The molecule has 1 saturated heterocycles. The summed E-state index contributed by atoms with van der Waals surface area (Å²) < 4.78 is 33.9. The highest BCUT2D eigenvalue weighted by molar-refractivity contribution is 9.11. The lowest BCUT2D eigenvalue weighted by molar-refractivity contribution is -0.132. The zero-order chi connectivity index (χ0) is 29.2. The van der Waals surface area contributed by atoms with Crippen LogP contribution in [-0.2, 0) is 33.0 Å². The van der Waals surface area contributed by atoms with Gasteiger partial charge in [0.1, 0.15) is 5.60 Å². The van der Waals surface area contributed by atoms with Crippen molar-refractivity contribution in [2.75, 3.05) is 31.9 Å². The third-order valence-electron chi connectivity index (χ3n) is 6.50. The van der Waals surface area contributed by atoms with E-state index in [0.29, 0.717) is 42.5 Å². The second-order valence-electron chi connectivity index (χ2n) is 10.6. The zero-order valence-corrected chi connectivity index (χ0v) is 26.8. The summed E-state index contributed by atoms with van der Waals surface area (Å²) in [6, 6.07) is 10.2. The zero-order valence-electron chi connectivity index (χ0n) is 22.8. The first kappa shape index (κ1) is 30.7. The minimum absolute atomic E-state index is 0.0679. The maximum atomic E-state index is 12.9. The number of carbonyl (C=O) groups excluding carboxylic acids is 2. The van der Waals surface area contributed by atoms with Crippen LogP contribution in [0.5, 0.6) is 0 Å². The van der Waals surface area contributed by atoms with Crippen molar-refractivity contribution in [3.05, 3.63) is 55.7 Å². The summed E-state index contributed by atoms with van der Waals surface area (Å²) in [6.07, 6.45) is -0.704. The van der Waals surface area contributed by atoms with Gasteiger partial charge in [-0.3, -0.25) is 9.69 Å². The molecular formula is C27H32BrClN4O5S2. The van der Waals surface area contributed by atoms with Crippen LogP contribution in [0.2, 0.25) is 5.02 Å². The topological polar surface area (TPSA) is 101 Å². The summed E-state index contributed by atoms with van der Waals surface area (Å²) in [6.45, 7) is 8.30. The predicted molar refractivity (Wildman–Crippen MR) is 160 cm³/mol. The largest absolute Gasteiger partial charge is 0.442 e. The molecule has 2 aromatic carbocycles. The number of sulfone groups is 1. The van der Waals surface area contributed by atoms with Crippen LogP contribution in [0, 0.1) is 0 Å². The van der Waals surface area contributed by atoms with Gasteiger partial charge in [0, 0.05) is 51.2 Å². The molecule has 1 fully saturated rings. The van der Waals surface area contributed by atoms with Gasteiger partial charge >= 0.3 is 6.09 Å². The molecule has 0 N–H and O–H groups in total. The summed E-state index contributed by atoms with van der Waals surface area (Å²) in [5.74, 6) is -0.413. The minimum atomic E-state index is -3.61. The SMILES string of the molecule is Cn1c(CN2CCN(C(=O)CCS(=O)(=O)c3ccc4cc(Cl)ccc4c3)CC2)c(Br)s/c1=N\C(=O)OC(C)(C)C. The Hall–Kier alpha value is -2.25. The van der Waals surface area contributed by atoms with Gasteiger partial charge < -0.3 is 14.2 Å². The molecule has 0 unspecified atom stereocenters. The second-order valence-corrected chi connectivity index (χ2v) is 15.5. The Labute approximate surface area is 251 Å². The molecule has 1 aromatic heterocycles. The number of thiazole rings is 1. The highest BCUT2D eigenvalue weighted by Crippen LogP contribution is 2.24. The van der Waals surface area contributed by atoms with Crippen LogP contribution in [0.15, 0.2) is 50.1 Å². The quantitative estimate of drug-likeness (QED) is 0.366. The molecule has 2 heterocycles. The van der Waals surface area contributed by atoms with Crippen LogP contribution in [0.3, 0.4) is 0 Å². The third-order valence-corrected chi connectivity index (χ3v) is 10.4. The van der Waals surface area contributed by atoms with E-state index in [-0.39, 0.29) is 23.0 Å². The molecule has 3 aromatic rings. The number of aromatic nitrogens is 1. The molecule has 13 heteroatoms. The average Bonchev–Trinajstić information content (AvgIpc) is 3.13. The molecule has 1 aliphatic rings. The van der Waals surface area contributed by atoms with Gasteiger partial charge in [-0.25, -0.2) is 13.2 Å². The van der Waals surface area contributed by atoms with E-state index in [1.807, 2.05) is 11.6 Å². The first-order chi connectivity index (χ1) is 18.7. The van der Waals surface area contributed by atoms with Gasteiger partial charge in [-0.1, -0.05) is 35.1 Å². The maximum Gasteiger partial charge on any atom is 0.436 e. The number of carbonyl (C=O) groups is 2. The molecule has 4 rings (SSSR count). The molecule has 40 heavy (non-hydrogen) atoms. The fourth-order valence-electron chi connectivity index (χ4n) is 4.34. The van der Waals surface area contributed by atoms with Crippen molar-refractivity contribution >= 4 is 71.5 Å². The number of benzene rings is 2. The van der Waals surface area contributed by atoms with Gasteiger partial charge in [0.25, 0.3) is 0 Å². The lowest BCUT2D eigenvalue weighted by atomic mass is 10.1. The van der Waals surface area contributed by atoms with E-state index >= 15 is 0 Å². The number of amides is 2. The Morgan fingerprint density at radius 3 is 2.40 bits per heavy atom. The van der Waals surface area contributed by atoms with E-state index in [0.717, 1.165) is 20.3 Å². The monoisotopic (exact) mass is 670 g/mol. The Morgan fingerprint density at radius 1 is 1.07 bits per heavy atom. The van der Waals surface area contributed by atoms with Gasteiger partial charge in [-0.2, -0.15) is 0 Å². The van der Waals surface area contributed by atoms with Crippen molar-refractivity contribution in [1.82, 2.24) is 14.4 Å². The number of nitrogens with zero attached hydrogens (tertiary/aromatic N) is 4. The van der Waals surface area contributed by atoms with Gasteiger partial charge in [-0.05, 0) is 71.7 Å².